The number of hydrogen-bond acceptors (Lipinski definition) is 1. The van der Waals surface area contributed by atoms with E-state index in [1.807, 2.05) is 6.07 Å². The van der Waals surface area contributed by atoms with E-state index in [0.717, 1.165) is 17.5 Å². The molecule has 0 amide bonds. The van der Waals surface area contributed by atoms with E-state index in [1.165, 1.54) is 29.5 Å². The monoisotopic (exact) mass is 280 g/mol. The zero-order chi connectivity index (χ0) is 15.0. The molecule has 1 unspecified atom stereocenters. The van der Waals surface area contributed by atoms with Crippen molar-refractivity contribution in [3.8, 4) is 0 Å². The van der Waals surface area contributed by atoms with Crippen molar-refractivity contribution in [1.29, 1.82) is 0 Å². The van der Waals surface area contributed by atoms with Crippen molar-refractivity contribution < 1.29 is 5.11 Å². The predicted molar refractivity (Wildman–Crippen MR) is 87.7 cm³/mol. The summed E-state index contributed by atoms with van der Waals surface area (Å²) in [6.45, 7) is 6.59. The minimum Gasteiger partial charge on any atom is -0.384 e. The molecular formula is C20H24O. The first-order valence-electron chi connectivity index (χ1n) is 7.86. The third-order valence-electron chi connectivity index (χ3n) is 4.50. The van der Waals surface area contributed by atoms with Crippen molar-refractivity contribution >= 4 is 0 Å². The number of benzene rings is 2. The summed E-state index contributed by atoms with van der Waals surface area (Å²) in [6, 6.07) is 14.7. The van der Waals surface area contributed by atoms with Crippen LogP contribution in [0.1, 0.15) is 61.1 Å². The Morgan fingerprint density at radius 1 is 0.952 bits per heavy atom. The van der Waals surface area contributed by atoms with Crippen LogP contribution in [-0.2, 0) is 18.3 Å². The van der Waals surface area contributed by atoms with Gasteiger partial charge in [-0.15, -0.1) is 0 Å². The summed E-state index contributed by atoms with van der Waals surface area (Å²) in [7, 11) is 0. The lowest BCUT2D eigenvalue weighted by Crippen LogP contribution is -2.16. The van der Waals surface area contributed by atoms with Gasteiger partial charge in [-0.3, -0.25) is 0 Å². The van der Waals surface area contributed by atoms with Gasteiger partial charge in [0.15, 0.2) is 0 Å². The number of aryl methyl sites for hydroxylation is 2. The fourth-order valence-corrected chi connectivity index (χ4v) is 3.36. The minimum absolute atomic E-state index is 0.0360. The minimum atomic E-state index is -0.536. The molecule has 110 valence electrons. The SMILES string of the molecule is CC(C)(C)c1ccccc1C(O)c1ccc2c(c1)CCC2. The summed E-state index contributed by atoms with van der Waals surface area (Å²) in [5.41, 5.74) is 6.18. The molecule has 3 rings (SSSR count). The van der Waals surface area contributed by atoms with E-state index in [1.54, 1.807) is 0 Å². The molecule has 1 heteroatoms. The lowest BCUT2D eigenvalue weighted by atomic mass is 9.81. The molecule has 0 aliphatic heterocycles. The average Bonchev–Trinajstić information content (AvgIpc) is 2.93. The Hall–Kier alpha value is -1.60. The van der Waals surface area contributed by atoms with Gasteiger partial charge in [0, 0.05) is 0 Å². The quantitative estimate of drug-likeness (QED) is 0.855. The van der Waals surface area contributed by atoms with Crippen LogP contribution < -0.4 is 0 Å². The standard InChI is InChI=1S/C20H24O/c1-20(2,3)18-10-5-4-9-17(18)19(21)16-12-11-14-7-6-8-15(14)13-16/h4-5,9-13,19,21H,6-8H2,1-3H3. The molecule has 0 aromatic heterocycles. The van der Waals surface area contributed by atoms with Gasteiger partial charge in [-0.1, -0.05) is 63.2 Å². The second-order valence-electron chi connectivity index (χ2n) is 7.12. The van der Waals surface area contributed by atoms with Crippen LogP contribution in [0.4, 0.5) is 0 Å². The van der Waals surface area contributed by atoms with Crippen LogP contribution in [-0.4, -0.2) is 5.11 Å². The molecule has 1 N–H and O–H groups in total. The Morgan fingerprint density at radius 3 is 2.43 bits per heavy atom. The summed E-state index contributed by atoms with van der Waals surface area (Å²) in [5.74, 6) is 0. The molecular weight excluding hydrogens is 256 g/mol. The Bertz CT molecular complexity index is 649. The molecule has 1 nitrogen and oxygen atoms in total. The number of rotatable bonds is 2. The second-order valence-corrected chi connectivity index (χ2v) is 7.12. The smallest absolute Gasteiger partial charge is 0.104 e. The van der Waals surface area contributed by atoms with E-state index in [0.29, 0.717) is 0 Å². The van der Waals surface area contributed by atoms with Gasteiger partial charge in [0.25, 0.3) is 0 Å². The van der Waals surface area contributed by atoms with E-state index in [-0.39, 0.29) is 5.41 Å². The maximum atomic E-state index is 10.9. The van der Waals surface area contributed by atoms with Gasteiger partial charge in [-0.05, 0) is 52.5 Å². The Balaban J connectivity index is 2.01. The lowest BCUT2D eigenvalue weighted by Gasteiger charge is -2.25. The van der Waals surface area contributed by atoms with Gasteiger partial charge in [0.1, 0.15) is 6.10 Å². The first kappa shape index (κ1) is 14.3. The van der Waals surface area contributed by atoms with Crippen molar-refractivity contribution in [2.24, 2.45) is 0 Å². The van der Waals surface area contributed by atoms with Crippen LogP contribution in [0.25, 0.3) is 0 Å². The molecule has 0 saturated heterocycles. The zero-order valence-corrected chi connectivity index (χ0v) is 13.2. The molecule has 1 aliphatic rings. The Morgan fingerprint density at radius 2 is 1.67 bits per heavy atom. The highest BCUT2D eigenvalue weighted by Crippen LogP contribution is 2.34. The highest BCUT2D eigenvalue weighted by Gasteiger charge is 2.23. The summed E-state index contributed by atoms with van der Waals surface area (Å²) in [5, 5.41) is 10.9. The average molecular weight is 280 g/mol. The molecule has 0 fully saturated rings. The normalized spacial score (nSPS) is 15.8. The molecule has 2 aromatic carbocycles. The highest BCUT2D eigenvalue weighted by atomic mass is 16.3. The van der Waals surface area contributed by atoms with E-state index < -0.39 is 6.10 Å². The van der Waals surface area contributed by atoms with Crippen molar-refractivity contribution in [3.63, 3.8) is 0 Å². The highest BCUT2D eigenvalue weighted by molar-refractivity contribution is 5.43. The van der Waals surface area contributed by atoms with E-state index >= 15 is 0 Å². The fourth-order valence-electron chi connectivity index (χ4n) is 3.36. The topological polar surface area (TPSA) is 20.2 Å². The molecule has 1 atom stereocenters. The van der Waals surface area contributed by atoms with Gasteiger partial charge < -0.3 is 5.11 Å². The predicted octanol–water partition coefficient (Wildman–Crippen LogP) is 4.55. The molecule has 0 saturated carbocycles. The lowest BCUT2D eigenvalue weighted by molar-refractivity contribution is 0.217. The van der Waals surface area contributed by atoms with E-state index in [4.69, 9.17) is 0 Å². The maximum Gasteiger partial charge on any atom is 0.104 e. The molecule has 2 aromatic rings. The van der Waals surface area contributed by atoms with E-state index in [9.17, 15) is 5.11 Å². The van der Waals surface area contributed by atoms with Gasteiger partial charge >= 0.3 is 0 Å². The number of aliphatic hydroxyl groups excluding tert-OH is 1. The summed E-state index contributed by atoms with van der Waals surface area (Å²) >= 11 is 0. The molecule has 1 aliphatic carbocycles. The van der Waals surface area contributed by atoms with Crippen LogP contribution in [0.5, 0.6) is 0 Å². The molecule has 21 heavy (non-hydrogen) atoms. The van der Waals surface area contributed by atoms with Gasteiger partial charge in [-0.25, -0.2) is 0 Å². The molecule has 0 spiro atoms. The number of fused-ring (bicyclic) bond motifs is 1. The third-order valence-corrected chi connectivity index (χ3v) is 4.50. The van der Waals surface area contributed by atoms with Gasteiger partial charge in [0.2, 0.25) is 0 Å². The van der Waals surface area contributed by atoms with Crippen LogP contribution in [0.2, 0.25) is 0 Å². The Kier molecular flexibility index (Phi) is 3.62. The maximum absolute atomic E-state index is 10.9. The van der Waals surface area contributed by atoms with Crippen LogP contribution in [0.3, 0.4) is 0 Å². The second kappa shape index (κ2) is 5.31. The molecule has 0 bridgehead atoms. The molecule has 0 heterocycles. The number of hydrogen-bond donors (Lipinski definition) is 1. The zero-order valence-electron chi connectivity index (χ0n) is 13.2. The first-order chi connectivity index (χ1) is 9.97. The van der Waals surface area contributed by atoms with Gasteiger partial charge in [0.05, 0.1) is 0 Å². The van der Waals surface area contributed by atoms with Crippen molar-refractivity contribution in [2.75, 3.05) is 0 Å². The number of aliphatic hydroxyl groups is 1. The first-order valence-corrected chi connectivity index (χ1v) is 7.86. The van der Waals surface area contributed by atoms with Gasteiger partial charge in [-0.2, -0.15) is 0 Å². The van der Waals surface area contributed by atoms with Crippen molar-refractivity contribution in [3.05, 3.63) is 70.3 Å². The molecule has 0 radical (unpaired) electrons. The van der Waals surface area contributed by atoms with Crippen LogP contribution in [0, 0.1) is 0 Å². The summed E-state index contributed by atoms with van der Waals surface area (Å²) in [6.07, 6.45) is 3.04. The van der Waals surface area contributed by atoms with Crippen molar-refractivity contribution in [2.45, 2.75) is 51.6 Å². The summed E-state index contributed by atoms with van der Waals surface area (Å²) < 4.78 is 0. The fraction of sp³-hybridized carbons (Fsp3) is 0.400. The summed E-state index contributed by atoms with van der Waals surface area (Å²) in [4.78, 5) is 0. The van der Waals surface area contributed by atoms with Crippen LogP contribution >= 0.6 is 0 Å². The largest absolute Gasteiger partial charge is 0.384 e. The van der Waals surface area contributed by atoms with Crippen molar-refractivity contribution in [1.82, 2.24) is 0 Å². The Labute approximate surface area is 127 Å². The van der Waals surface area contributed by atoms with E-state index in [2.05, 4.69) is 57.2 Å². The third kappa shape index (κ3) is 2.75. The van der Waals surface area contributed by atoms with Crippen LogP contribution in [0.15, 0.2) is 42.5 Å².